The van der Waals surface area contributed by atoms with Crippen molar-refractivity contribution in [3.05, 3.63) is 57.7 Å². The number of nitrogens with zero attached hydrogens (tertiary/aromatic N) is 1. The van der Waals surface area contributed by atoms with E-state index in [1.807, 2.05) is 12.1 Å². The smallest absolute Gasteiger partial charge is 0.256 e. The Morgan fingerprint density at radius 3 is 2.35 bits per heavy atom. The first-order chi connectivity index (χ1) is 12.5. The molecule has 0 bridgehead atoms. The van der Waals surface area contributed by atoms with E-state index in [4.69, 9.17) is 0 Å². The van der Waals surface area contributed by atoms with Crippen molar-refractivity contribution in [3.8, 4) is 0 Å². The van der Waals surface area contributed by atoms with Crippen molar-refractivity contribution in [2.75, 3.05) is 18.4 Å². The van der Waals surface area contributed by atoms with Gasteiger partial charge in [0.15, 0.2) is 0 Å². The first-order valence-electron chi connectivity index (χ1n) is 8.64. The Labute approximate surface area is 168 Å². The zero-order valence-electron chi connectivity index (χ0n) is 14.3. The standard InChI is InChI=1S/C19H21IN2O3S/c20-18-11-4-3-10-17(18)19(23)21-15-8-7-9-16(14-15)26(24,25)22-12-5-1-2-6-13-22/h3-4,7-11,14H,1-2,5-6,12-13H2,(H,21,23). The molecule has 0 spiro atoms. The molecule has 7 heteroatoms. The predicted octanol–water partition coefficient (Wildman–Crippen LogP) is 4.11. The highest BCUT2D eigenvalue weighted by atomic mass is 127. The van der Waals surface area contributed by atoms with Crippen LogP contribution in [0.2, 0.25) is 0 Å². The van der Waals surface area contributed by atoms with Gasteiger partial charge in [0.25, 0.3) is 5.91 Å². The quantitative estimate of drug-likeness (QED) is 0.665. The average Bonchev–Trinajstić information content (AvgIpc) is 2.92. The lowest BCUT2D eigenvalue weighted by molar-refractivity contribution is 0.102. The van der Waals surface area contributed by atoms with Crippen LogP contribution in [0.4, 0.5) is 5.69 Å². The molecule has 1 aliphatic rings. The number of halogens is 1. The van der Waals surface area contributed by atoms with Gasteiger partial charge in [-0.1, -0.05) is 31.0 Å². The number of hydrogen-bond donors (Lipinski definition) is 1. The summed E-state index contributed by atoms with van der Waals surface area (Å²) < 4.78 is 28.2. The van der Waals surface area contributed by atoms with Gasteiger partial charge in [-0.15, -0.1) is 0 Å². The maximum Gasteiger partial charge on any atom is 0.256 e. The van der Waals surface area contributed by atoms with Crippen LogP contribution in [-0.4, -0.2) is 31.7 Å². The van der Waals surface area contributed by atoms with Crippen molar-refractivity contribution in [3.63, 3.8) is 0 Å². The van der Waals surface area contributed by atoms with Crippen molar-refractivity contribution < 1.29 is 13.2 Å². The van der Waals surface area contributed by atoms with Gasteiger partial charge in [0.2, 0.25) is 10.0 Å². The molecule has 5 nitrogen and oxygen atoms in total. The minimum absolute atomic E-state index is 0.222. The van der Waals surface area contributed by atoms with Crippen molar-refractivity contribution in [1.29, 1.82) is 0 Å². The highest BCUT2D eigenvalue weighted by molar-refractivity contribution is 14.1. The fraction of sp³-hybridized carbons (Fsp3) is 0.316. The highest BCUT2D eigenvalue weighted by Gasteiger charge is 2.25. The molecule has 0 saturated carbocycles. The molecule has 1 saturated heterocycles. The fourth-order valence-corrected chi connectivity index (χ4v) is 5.21. The van der Waals surface area contributed by atoms with Gasteiger partial charge in [0.05, 0.1) is 10.5 Å². The Hall–Kier alpha value is -1.45. The summed E-state index contributed by atoms with van der Waals surface area (Å²) in [4.78, 5) is 12.7. The summed E-state index contributed by atoms with van der Waals surface area (Å²) in [5.41, 5.74) is 1.04. The third-order valence-electron chi connectivity index (χ3n) is 4.41. The molecule has 3 rings (SSSR count). The Morgan fingerprint density at radius 1 is 0.962 bits per heavy atom. The number of rotatable bonds is 4. The van der Waals surface area contributed by atoms with Gasteiger partial charge in [-0.3, -0.25) is 4.79 Å². The molecule has 1 heterocycles. The fourth-order valence-electron chi connectivity index (χ4n) is 3.01. The summed E-state index contributed by atoms with van der Waals surface area (Å²) in [6.45, 7) is 1.11. The highest BCUT2D eigenvalue weighted by Crippen LogP contribution is 2.23. The zero-order chi connectivity index (χ0) is 18.6. The number of amides is 1. The third kappa shape index (κ3) is 4.44. The van der Waals surface area contributed by atoms with Crippen LogP contribution < -0.4 is 5.32 Å². The molecule has 0 radical (unpaired) electrons. The van der Waals surface area contributed by atoms with Gasteiger partial charge in [-0.25, -0.2) is 8.42 Å². The predicted molar refractivity (Wildman–Crippen MR) is 111 cm³/mol. The Morgan fingerprint density at radius 2 is 1.65 bits per heavy atom. The van der Waals surface area contributed by atoms with Crippen LogP contribution in [0.1, 0.15) is 36.0 Å². The topological polar surface area (TPSA) is 66.5 Å². The molecule has 2 aromatic rings. The van der Waals surface area contributed by atoms with Crippen LogP contribution in [0.3, 0.4) is 0 Å². The molecule has 2 aromatic carbocycles. The summed E-state index contributed by atoms with van der Waals surface area (Å²) >= 11 is 2.11. The van der Waals surface area contributed by atoms with E-state index in [0.717, 1.165) is 29.3 Å². The van der Waals surface area contributed by atoms with Gasteiger partial charge in [0, 0.05) is 22.3 Å². The van der Waals surface area contributed by atoms with E-state index in [0.29, 0.717) is 24.3 Å². The van der Waals surface area contributed by atoms with E-state index in [-0.39, 0.29) is 10.8 Å². The van der Waals surface area contributed by atoms with E-state index in [1.54, 1.807) is 34.6 Å². The van der Waals surface area contributed by atoms with Crippen LogP contribution >= 0.6 is 22.6 Å². The van der Waals surface area contributed by atoms with E-state index in [9.17, 15) is 13.2 Å². The molecule has 0 aromatic heterocycles. The Bertz CT molecular complexity index is 891. The van der Waals surface area contributed by atoms with Gasteiger partial charge < -0.3 is 5.32 Å². The van der Waals surface area contributed by atoms with Crippen molar-refractivity contribution in [2.45, 2.75) is 30.6 Å². The lowest BCUT2D eigenvalue weighted by atomic mass is 10.2. The number of carbonyl (C=O) groups is 1. The monoisotopic (exact) mass is 484 g/mol. The summed E-state index contributed by atoms with van der Waals surface area (Å²) in [6, 6.07) is 13.8. The second-order valence-corrected chi connectivity index (χ2v) is 9.38. The van der Waals surface area contributed by atoms with E-state index < -0.39 is 10.0 Å². The van der Waals surface area contributed by atoms with Gasteiger partial charge in [0.1, 0.15) is 0 Å². The number of carbonyl (C=O) groups excluding carboxylic acids is 1. The van der Waals surface area contributed by atoms with Gasteiger partial charge >= 0.3 is 0 Å². The summed E-state index contributed by atoms with van der Waals surface area (Å²) in [7, 11) is -3.54. The molecule has 1 aliphatic heterocycles. The normalized spacial score (nSPS) is 16.0. The molecule has 1 N–H and O–H groups in total. The molecular weight excluding hydrogens is 463 g/mol. The Kier molecular flexibility index (Phi) is 6.31. The lowest BCUT2D eigenvalue weighted by Gasteiger charge is -2.20. The van der Waals surface area contributed by atoms with Crippen molar-refractivity contribution >= 4 is 44.2 Å². The zero-order valence-corrected chi connectivity index (χ0v) is 17.3. The second-order valence-electron chi connectivity index (χ2n) is 6.28. The van der Waals surface area contributed by atoms with E-state index in [2.05, 4.69) is 27.9 Å². The van der Waals surface area contributed by atoms with Crippen molar-refractivity contribution in [2.24, 2.45) is 0 Å². The van der Waals surface area contributed by atoms with Gasteiger partial charge in [-0.2, -0.15) is 4.31 Å². The maximum atomic E-state index is 12.9. The minimum Gasteiger partial charge on any atom is -0.322 e. The Balaban J connectivity index is 1.81. The molecule has 1 fully saturated rings. The first kappa shape index (κ1) is 19.3. The van der Waals surface area contributed by atoms with Crippen LogP contribution in [0, 0.1) is 3.57 Å². The molecule has 0 unspecified atom stereocenters. The van der Waals surface area contributed by atoms with Crippen LogP contribution in [0.25, 0.3) is 0 Å². The number of anilines is 1. The minimum atomic E-state index is -3.54. The maximum absolute atomic E-state index is 12.9. The number of benzene rings is 2. The first-order valence-corrected chi connectivity index (χ1v) is 11.2. The molecule has 0 aliphatic carbocycles. The third-order valence-corrected chi connectivity index (χ3v) is 7.25. The molecule has 1 amide bonds. The number of hydrogen-bond acceptors (Lipinski definition) is 3. The van der Waals surface area contributed by atoms with Crippen LogP contribution in [0.15, 0.2) is 53.4 Å². The molecular formula is C19H21IN2O3S. The molecule has 138 valence electrons. The lowest BCUT2D eigenvalue weighted by Crippen LogP contribution is -2.32. The largest absolute Gasteiger partial charge is 0.322 e. The van der Waals surface area contributed by atoms with Crippen LogP contribution in [0.5, 0.6) is 0 Å². The van der Waals surface area contributed by atoms with Crippen LogP contribution in [-0.2, 0) is 10.0 Å². The summed E-state index contributed by atoms with van der Waals surface area (Å²) in [5.74, 6) is -0.251. The summed E-state index contributed by atoms with van der Waals surface area (Å²) in [6.07, 6.45) is 3.92. The number of nitrogens with one attached hydrogen (secondary N) is 1. The molecule has 26 heavy (non-hydrogen) atoms. The second kappa shape index (κ2) is 8.49. The SMILES string of the molecule is O=C(Nc1cccc(S(=O)(=O)N2CCCCCC2)c1)c1ccccc1I. The molecule has 0 atom stereocenters. The van der Waals surface area contributed by atoms with Gasteiger partial charge in [-0.05, 0) is 65.8 Å². The van der Waals surface area contributed by atoms with E-state index in [1.165, 1.54) is 6.07 Å². The summed E-state index contributed by atoms with van der Waals surface area (Å²) in [5, 5.41) is 2.80. The number of sulfonamides is 1. The van der Waals surface area contributed by atoms with Crippen molar-refractivity contribution in [1.82, 2.24) is 4.31 Å². The average molecular weight is 484 g/mol. The van der Waals surface area contributed by atoms with E-state index >= 15 is 0 Å².